The Balaban J connectivity index is 0.00000420. The molecule has 1 aliphatic rings. The third kappa shape index (κ3) is 7.60. The minimum atomic E-state index is -3.10. The number of rotatable bonds is 7. The van der Waals surface area contributed by atoms with E-state index in [2.05, 4.69) is 45.6 Å². The molecule has 0 radical (unpaired) electrons. The van der Waals surface area contributed by atoms with Gasteiger partial charge in [-0.1, -0.05) is 13.0 Å². The van der Waals surface area contributed by atoms with E-state index in [1.54, 1.807) is 11.4 Å². The Bertz CT molecular complexity index is 775. The zero-order valence-corrected chi connectivity index (χ0v) is 21.4. The fourth-order valence-corrected chi connectivity index (χ4v) is 4.93. The number of aryl methyl sites for hydroxylation is 1. The first-order valence-corrected chi connectivity index (χ1v) is 11.6. The first kappa shape index (κ1) is 26.0. The molecule has 2 rings (SSSR count). The number of sulfonamides is 1. The summed E-state index contributed by atoms with van der Waals surface area (Å²) in [6, 6.07) is 6.67. The highest BCUT2D eigenvalue weighted by atomic mass is 127. The molecule has 1 saturated heterocycles. The van der Waals surface area contributed by atoms with Gasteiger partial charge < -0.3 is 15.5 Å². The zero-order chi connectivity index (χ0) is 20.7. The molecule has 1 aliphatic heterocycles. The standard InChI is InChI=1S/C20H35N5O2S.HI/c1-6-13-28(26,27)25-11-9-18(10-12-25)23-20(21-3)22-15-17-7-8-19(24(4)5)14-16(17)2;/h7-8,14,18H,6,9-13,15H2,1-5H3,(H2,21,22,23);1H. The number of nitrogens with zero attached hydrogens (tertiary/aromatic N) is 3. The second kappa shape index (κ2) is 11.9. The average Bonchev–Trinajstić information content (AvgIpc) is 2.66. The van der Waals surface area contributed by atoms with Gasteiger partial charge in [-0.05, 0) is 49.4 Å². The lowest BCUT2D eigenvalue weighted by molar-refractivity contribution is 0.306. The number of nitrogens with one attached hydrogen (secondary N) is 2. The molecule has 9 heteroatoms. The van der Waals surface area contributed by atoms with E-state index < -0.39 is 10.0 Å². The molecule has 29 heavy (non-hydrogen) atoms. The zero-order valence-electron chi connectivity index (χ0n) is 18.2. The summed E-state index contributed by atoms with van der Waals surface area (Å²) in [6.07, 6.45) is 2.24. The van der Waals surface area contributed by atoms with Crippen LogP contribution in [0.4, 0.5) is 5.69 Å². The number of aliphatic imine (C=N–C) groups is 1. The normalized spacial score (nSPS) is 16.2. The number of benzene rings is 1. The molecule has 0 aromatic heterocycles. The average molecular weight is 538 g/mol. The predicted octanol–water partition coefficient (Wildman–Crippen LogP) is 2.55. The predicted molar refractivity (Wildman–Crippen MR) is 133 cm³/mol. The third-order valence-electron chi connectivity index (χ3n) is 5.16. The summed E-state index contributed by atoms with van der Waals surface area (Å²) in [7, 11) is 2.74. The minimum Gasteiger partial charge on any atom is -0.378 e. The summed E-state index contributed by atoms with van der Waals surface area (Å²) in [5.41, 5.74) is 3.66. The van der Waals surface area contributed by atoms with Crippen LogP contribution in [0.25, 0.3) is 0 Å². The van der Waals surface area contributed by atoms with Gasteiger partial charge in [0.1, 0.15) is 0 Å². The van der Waals surface area contributed by atoms with Crippen molar-refractivity contribution in [3.8, 4) is 0 Å². The van der Waals surface area contributed by atoms with Gasteiger partial charge in [0.2, 0.25) is 10.0 Å². The number of guanidine groups is 1. The molecule has 0 bridgehead atoms. The summed E-state index contributed by atoms with van der Waals surface area (Å²) in [6.45, 7) is 5.86. The summed E-state index contributed by atoms with van der Waals surface area (Å²) >= 11 is 0. The summed E-state index contributed by atoms with van der Waals surface area (Å²) in [5, 5.41) is 6.82. The van der Waals surface area contributed by atoms with Crippen LogP contribution >= 0.6 is 24.0 Å². The molecule has 7 nitrogen and oxygen atoms in total. The highest BCUT2D eigenvalue weighted by Gasteiger charge is 2.27. The smallest absolute Gasteiger partial charge is 0.214 e. The maximum Gasteiger partial charge on any atom is 0.214 e. The summed E-state index contributed by atoms with van der Waals surface area (Å²) < 4.78 is 26.0. The van der Waals surface area contributed by atoms with Crippen LogP contribution in [-0.4, -0.2) is 64.7 Å². The number of halogens is 1. The van der Waals surface area contributed by atoms with E-state index in [0.29, 0.717) is 26.1 Å². The topological polar surface area (TPSA) is 77.0 Å². The van der Waals surface area contributed by atoms with E-state index in [9.17, 15) is 8.42 Å². The van der Waals surface area contributed by atoms with Crippen LogP contribution in [-0.2, 0) is 16.6 Å². The number of hydrogen-bond acceptors (Lipinski definition) is 4. The monoisotopic (exact) mass is 537 g/mol. The van der Waals surface area contributed by atoms with E-state index in [1.165, 1.54) is 16.8 Å². The molecule has 2 N–H and O–H groups in total. The molecule has 0 spiro atoms. The Kier molecular flexibility index (Phi) is 10.7. The second-order valence-electron chi connectivity index (χ2n) is 7.56. The molecule has 0 atom stereocenters. The lowest BCUT2D eigenvalue weighted by Crippen LogP contribution is -2.49. The van der Waals surface area contributed by atoms with Gasteiger partial charge in [0.15, 0.2) is 5.96 Å². The van der Waals surface area contributed by atoms with Crippen molar-refractivity contribution < 1.29 is 8.42 Å². The van der Waals surface area contributed by atoms with E-state index in [1.807, 2.05) is 21.0 Å². The van der Waals surface area contributed by atoms with E-state index >= 15 is 0 Å². The van der Waals surface area contributed by atoms with Crippen molar-refractivity contribution in [3.63, 3.8) is 0 Å². The van der Waals surface area contributed by atoms with Crippen LogP contribution in [0.15, 0.2) is 23.2 Å². The molecular formula is C20H36IN5O2S. The quantitative estimate of drug-likeness (QED) is 0.318. The van der Waals surface area contributed by atoms with Gasteiger partial charge in [0.05, 0.1) is 5.75 Å². The summed E-state index contributed by atoms with van der Waals surface area (Å²) in [4.78, 5) is 6.42. The van der Waals surface area contributed by atoms with Crippen LogP contribution < -0.4 is 15.5 Å². The maximum absolute atomic E-state index is 12.2. The Morgan fingerprint density at radius 3 is 2.45 bits per heavy atom. The van der Waals surface area contributed by atoms with Crippen LogP contribution in [0, 0.1) is 6.92 Å². The van der Waals surface area contributed by atoms with Gasteiger partial charge in [0, 0.05) is 52.5 Å². The first-order chi connectivity index (χ1) is 13.3. The van der Waals surface area contributed by atoms with Gasteiger partial charge in [-0.25, -0.2) is 12.7 Å². The second-order valence-corrected chi connectivity index (χ2v) is 9.65. The van der Waals surface area contributed by atoms with Crippen LogP contribution in [0.1, 0.15) is 37.3 Å². The van der Waals surface area contributed by atoms with E-state index in [-0.39, 0.29) is 35.8 Å². The third-order valence-corrected chi connectivity index (χ3v) is 7.24. The Hall–Kier alpha value is -1.07. The van der Waals surface area contributed by atoms with Crippen molar-refractivity contribution in [2.24, 2.45) is 4.99 Å². The molecule has 1 aromatic rings. The molecule has 1 aromatic carbocycles. The van der Waals surface area contributed by atoms with Gasteiger partial charge in [-0.15, -0.1) is 24.0 Å². The molecule has 0 aliphatic carbocycles. The van der Waals surface area contributed by atoms with Crippen molar-refractivity contribution in [1.29, 1.82) is 0 Å². The van der Waals surface area contributed by atoms with E-state index in [4.69, 9.17) is 0 Å². The number of hydrogen-bond donors (Lipinski definition) is 2. The molecule has 0 saturated carbocycles. The molecular weight excluding hydrogens is 501 g/mol. The Morgan fingerprint density at radius 2 is 1.93 bits per heavy atom. The number of anilines is 1. The van der Waals surface area contributed by atoms with Gasteiger partial charge in [-0.2, -0.15) is 0 Å². The minimum absolute atomic E-state index is 0. The molecule has 1 heterocycles. The highest BCUT2D eigenvalue weighted by Crippen LogP contribution is 2.18. The lowest BCUT2D eigenvalue weighted by Gasteiger charge is -2.32. The van der Waals surface area contributed by atoms with Crippen molar-refractivity contribution in [3.05, 3.63) is 29.3 Å². The summed E-state index contributed by atoms with van der Waals surface area (Å²) in [5.74, 6) is 0.992. The first-order valence-electron chi connectivity index (χ1n) is 9.98. The van der Waals surface area contributed by atoms with Crippen molar-refractivity contribution in [1.82, 2.24) is 14.9 Å². The lowest BCUT2D eigenvalue weighted by atomic mass is 10.1. The van der Waals surface area contributed by atoms with Crippen LogP contribution in [0.5, 0.6) is 0 Å². The fraction of sp³-hybridized carbons (Fsp3) is 0.650. The Labute approximate surface area is 193 Å². The van der Waals surface area contributed by atoms with Crippen LogP contribution in [0.2, 0.25) is 0 Å². The molecule has 166 valence electrons. The number of piperidine rings is 1. The highest BCUT2D eigenvalue weighted by molar-refractivity contribution is 14.0. The van der Waals surface area contributed by atoms with Crippen molar-refractivity contribution in [2.75, 3.05) is 44.9 Å². The molecule has 1 fully saturated rings. The fourth-order valence-electron chi connectivity index (χ4n) is 3.39. The maximum atomic E-state index is 12.2. The van der Waals surface area contributed by atoms with Crippen molar-refractivity contribution >= 4 is 45.6 Å². The molecule has 0 amide bonds. The SMILES string of the molecule is CCCS(=O)(=O)N1CCC(NC(=NC)NCc2ccc(N(C)C)cc2C)CC1.I. The van der Waals surface area contributed by atoms with E-state index in [0.717, 1.165) is 18.8 Å². The van der Waals surface area contributed by atoms with Gasteiger partial charge in [0.25, 0.3) is 0 Å². The largest absolute Gasteiger partial charge is 0.378 e. The van der Waals surface area contributed by atoms with Gasteiger partial charge >= 0.3 is 0 Å². The molecule has 0 unspecified atom stereocenters. The Morgan fingerprint density at radius 1 is 1.28 bits per heavy atom. The van der Waals surface area contributed by atoms with Gasteiger partial charge in [-0.3, -0.25) is 4.99 Å². The van der Waals surface area contributed by atoms with Crippen molar-refractivity contribution in [2.45, 2.75) is 45.7 Å². The van der Waals surface area contributed by atoms with Crippen LogP contribution in [0.3, 0.4) is 0 Å².